The fourth-order valence-corrected chi connectivity index (χ4v) is 5.68. The van der Waals surface area contributed by atoms with Gasteiger partial charge in [-0.2, -0.15) is 0 Å². The first-order valence-corrected chi connectivity index (χ1v) is 13.2. The predicted octanol–water partition coefficient (Wildman–Crippen LogP) is 2.35. The smallest absolute Gasteiger partial charge is 0.336 e. The van der Waals surface area contributed by atoms with E-state index in [4.69, 9.17) is 13.9 Å². The lowest BCUT2D eigenvalue weighted by Gasteiger charge is -2.51. The van der Waals surface area contributed by atoms with Crippen LogP contribution >= 0.6 is 0 Å². The van der Waals surface area contributed by atoms with Crippen molar-refractivity contribution >= 4 is 28.8 Å². The minimum atomic E-state index is -0.936. The summed E-state index contributed by atoms with van der Waals surface area (Å²) in [5.41, 5.74) is -0.515. The monoisotopic (exact) mass is 526 g/mol. The molecule has 204 valence electrons. The first kappa shape index (κ1) is 25.9. The molecule has 1 atom stereocenters. The first-order valence-electron chi connectivity index (χ1n) is 13.2. The van der Waals surface area contributed by atoms with Crippen LogP contribution < -0.4 is 25.7 Å². The molecule has 5 rings (SSSR count). The van der Waals surface area contributed by atoms with Crippen LogP contribution in [0.4, 0.5) is 4.79 Å². The van der Waals surface area contributed by atoms with Gasteiger partial charge in [-0.25, -0.2) is 9.59 Å². The summed E-state index contributed by atoms with van der Waals surface area (Å²) >= 11 is 0. The molecular formula is C27H34N4O7. The van der Waals surface area contributed by atoms with E-state index in [2.05, 4.69) is 10.6 Å². The molecule has 1 aromatic carbocycles. The van der Waals surface area contributed by atoms with Gasteiger partial charge < -0.3 is 34.3 Å². The van der Waals surface area contributed by atoms with Crippen molar-refractivity contribution in [3.05, 3.63) is 34.2 Å². The lowest BCUT2D eigenvalue weighted by atomic mass is 9.81. The van der Waals surface area contributed by atoms with Crippen molar-refractivity contribution in [1.29, 1.82) is 0 Å². The Hall–Kier alpha value is -3.76. The molecule has 38 heavy (non-hydrogen) atoms. The number of amides is 4. The topological polar surface area (TPSA) is 130 Å². The molecule has 11 nitrogen and oxygen atoms in total. The van der Waals surface area contributed by atoms with Gasteiger partial charge >= 0.3 is 11.7 Å². The number of nitrogens with zero attached hydrogens (tertiary/aromatic N) is 2. The van der Waals surface area contributed by atoms with Gasteiger partial charge in [-0.1, -0.05) is 20.8 Å². The molecule has 4 amide bonds. The summed E-state index contributed by atoms with van der Waals surface area (Å²) < 4.78 is 16.1. The predicted molar refractivity (Wildman–Crippen MR) is 138 cm³/mol. The Morgan fingerprint density at radius 3 is 2.53 bits per heavy atom. The minimum absolute atomic E-state index is 0.0336. The van der Waals surface area contributed by atoms with Gasteiger partial charge in [0.2, 0.25) is 18.6 Å². The van der Waals surface area contributed by atoms with Crippen LogP contribution in [0.5, 0.6) is 11.5 Å². The zero-order chi connectivity index (χ0) is 27.0. The van der Waals surface area contributed by atoms with E-state index in [0.29, 0.717) is 66.9 Å². The number of ether oxygens (including phenoxy) is 2. The molecule has 0 radical (unpaired) electrons. The summed E-state index contributed by atoms with van der Waals surface area (Å²) in [7, 11) is 0. The van der Waals surface area contributed by atoms with Gasteiger partial charge in [0.25, 0.3) is 0 Å². The molecular weight excluding hydrogens is 492 g/mol. The summed E-state index contributed by atoms with van der Waals surface area (Å²) in [5, 5.41) is 6.50. The second kappa shape index (κ2) is 10.2. The van der Waals surface area contributed by atoms with Gasteiger partial charge in [-0.3, -0.25) is 9.59 Å². The largest absolute Gasteiger partial charge is 0.454 e. The summed E-state index contributed by atoms with van der Waals surface area (Å²) in [6, 6.07) is 3.89. The third kappa shape index (κ3) is 4.65. The summed E-state index contributed by atoms with van der Waals surface area (Å²) in [6.07, 6.45) is 2.09. The quantitative estimate of drug-likeness (QED) is 0.553. The number of fused-ring (bicyclic) bond motifs is 2. The Morgan fingerprint density at radius 2 is 1.84 bits per heavy atom. The average molecular weight is 527 g/mol. The van der Waals surface area contributed by atoms with E-state index in [9.17, 15) is 19.2 Å². The minimum Gasteiger partial charge on any atom is -0.454 e. The van der Waals surface area contributed by atoms with Crippen molar-refractivity contribution in [1.82, 2.24) is 20.4 Å². The Morgan fingerprint density at radius 1 is 1.13 bits per heavy atom. The highest BCUT2D eigenvalue weighted by Gasteiger charge is 2.53. The Balaban J connectivity index is 1.26. The number of urea groups is 1. The number of likely N-dealkylation sites (tertiary alicyclic amines) is 1. The number of hydrogen-bond donors (Lipinski definition) is 2. The van der Waals surface area contributed by atoms with E-state index in [1.54, 1.807) is 21.9 Å². The van der Waals surface area contributed by atoms with Crippen LogP contribution in [0, 0.1) is 5.92 Å². The zero-order valence-electron chi connectivity index (χ0n) is 22.0. The molecule has 1 unspecified atom stereocenters. The van der Waals surface area contributed by atoms with Crippen molar-refractivity contribution in [2.45, 2.75) is 64.6 Å². The van der Waals surface area contributed by atoms with Gasteiger partial charge in [-0.15, -0.1) is 0 Å². The highest BCUT2D eigenvalue weighted by Crippen LogP contribution is 2.37. The van der Waals surface area contributed by atoms with E-state index in [1.807, 2.05) is 20.8 Å². The molecule has 11 heteroatoms. The molecule has 4 heterocycles. The lowest BCUT2D eigenvalue weighted by molar-refractivity contribution is -0.161. The number of hydrogen-bond acceptors (Lipinski definition) is 7. The maximum absolute atomic E-state index is 13.3. The lowest BCUT2D eigenvalue weighted by Crippen LogP contribution is -2.73. The maximum atomic E-state index is 13.3. The average Bonchev–Trinajstić information content (AvgIpc) is 3.34. The SMILES string of the molecule is CCCN1C(=O)C(CC(C)C)NC(=O)C12CCN(C(=O)NCc1cc(=O)oc3cc4c(cc13)OCO4)CC2. The van der Waals surface area contributed by atoms with E-state index in [-0.39, 0.29) is 37.1 Å². The van der Waals surface area contributed by atoms with Crippen LogP contribution in [0.15, 0.2) is 27.4 Å². The van der Waals surface area contributed by atoms with Gasteiger partial charge in [0.1, 0.15) is 17.2 Å². The molecule has 1 spiro atoms. The molecule has 0 bridgehead atoms. The van der Waals surface area contributed by atoms with E-state index < -0.39 is 17.2 Å². The van der Waals surface area contributed by atoms with Gasteiger partial charge in [0.05, 0.1) is 0 Å². The number of carbonyl (C=O) groups is 3. The number of carbonyl (C=O) groups excluding carboxylic acids is 3. The van der Waals surface area contributed by atoms with Crippen molar-refractivity contribution in [3.8, 4) is 11.5 Å². The van der Waals surface area contributed by atoms with Gasteiger partial charge in [0, 0.05) is 43.7 Å². The Kier molecular flexibility index (Phi) is 6.93. The van der Waals surface area contributed by atoms with E-state index in [1.165, 1.54) is 6.07 Å². The standard InChI is InChI=1S/C27H34N4O7/c1-4-7-31-24(33)19(10-16(2)3)29-25(34)27(31)5-8-30(9-6-27)26(35)28-14-17-11-23(32)38-20-13-22-21(12-18(17)20)36-15-37-22/h11-13,16,19H,4-10,14-15H2,1-3H3,(H,28,35)(H,29,34). The molecule has 3 aliphatic rings. The normalized spacial score (nSPS) is 20.4. The van der Waals surface area contributed by atoms with Crippen molar-refractivity contribution in [2.75, 3.05) is 26.4 Å². The summed E-state index contributed by atoms with van der Waals surface area (Å²) in [6.45, 7) is 7.44. The van der Waals surface area contributed by atoms with Crippen molar-refractivity contribution in [3.63, 3.8) is 0 Å². The third-order valence-corrected chi connectivity index (χ3v) is 7.59. The molecule has 0 saturated carbocycles. The fourth-order valence-electron chi connectivity index (χ4n) is 5.68. The van der Waals surface area contributed by atoms with Crippen LogP contribution in [0.2, 0.25) is 0 Å². The van der Waals surface area contributed by atoms with Crippen LogP contribution in [0.3, 0.4) is 0 Å². The number of nitrogens with one attached hydrogen (secondary N) is 2. The Bertz CT molecular complexity index is 1310. The summed E-state index contributed by atoms with van der Waals surface area (Å²) in [5.74, 6) is 1.17. The van der Waals surface area contributed by atoms with Crippen LogP contribution in [0.1, 0.15) is 52.0 Å². The fraction of sp³-hybridized carbons (Fsp3) is 0.556. The van der Waals surface area contributed by atoms with Crippen molar-refractivity contribution in [2.24, 2.45) is 5.92 Å². The summed E-state index contributed by atoms with van der Waals surface area (Å²) in [4.78, 5) is 55.2. The van der Waals surface area contributed by atoms with Crippen LogP contribution in [0.25, 0.3) is 11.0 Å². The molecule has 2 saturated heterocycles. The molecule has 2 N–H and O–H groups in total. The van der Waals surface area contributed by atoms with E-state index in [0.717, 1.165) is 6.42 Å². The third-order valence-electron chi connectivity index (χ3n) is 7.59. The molecule has 2 aromatic rings. The second-order valence-electron chi connectivity index (χ2n) is 10.6. The van der Waals surface area contributed by atoms with Crippen LogP contribution in [-0.4, -0.2) is 65.7 Å². The molecule has 3 aliphatic heterocycles. The number of rotatable bonds is 6. The Labute approximate surface area is 220 Å². The number of benzene rings is 1. The first-order chi connectivity index (χ1) is 18.2. The number of piperidine rings is 1. The highest BCUT2D eigenvalue weighted by molar-refractivity contribution is 6.00. The molecule has 1 aromatic heterocycles. The molecule has 0 aliphatic carbocycles. The van der Waals surface area contributed by atoms with Gasteiger partial charge in [0.15, 0.2) is 11.5 Å². The maximum Gasteiger partial charge on any atom is 0.336 e. The van der Waals surface area contributed by atoms with E-state index >= 15 is 0 Å². The zero-order valence-corrected chi connectivity index (χ0v) is 22.0. The second-order valence-corrected chi connectivity index (χ2v) is 10.6. The van der Waals surface area contributed by atoms with Crippen molar-refractivity contribution < 1.29 is 28.3 Å². The van der Waals surface area contributed by atoms with Crippen LogP contribution in [-0.2, 0) is 16.1 Å². The van der Waals surface area contributed by atoms with Gasteiger partial charge in [-0.05, 0) is 43.2 Å². The number of piperazine rings is 1. The molecule has 2 fully saturated rings. The highest BCUT2D eigenvalue weighted by atomic mass is 16.7.